The number of anilines is 3. The first-order valence-electron chi connectivity index (χ1n) is 14.3. The largest absolute Gasteiger partial charge is 0.309 e. The van der Waals surface area contributed by atoms with Crippen molar-refractivity contribution in [3.63, 3.8) is 0 Å². The predicted octanol–water partition coefficient (Wildman–Crippen LogP) is 10.4. The molecule has 0 spiro atoms. The average Bonchev–Trinajstić information content (AvgIpc) is 3.59. The van der Waals surface area contributed by atoms with Gasteiger partial charge in [-0.1, -0.05) is 84.9 Å². The number of hydrogen-bond acceptors (Lipinski definition) is 4. The van der Waals surface area contributed by atoms with Crippen LogP contribution >= 0.6 is 11.3 Å². The SMILES string of the molecule is C1=Cc2ccc(-c3nc4ccccc4s3)cc2N(c2ccc3c4ccccc4n(-c4ccccn4)c3c2)c2ccccc21. The molecule has 0 unspecified atom stereocenters. The van der Waals surface area contributed by atoms with Gasteiger partial charge in [0, 0.05) is 28.2 Å². The van der Waals surface area contributed by atoms with Crippen molar-refractivity contribution in [1.29, 1.82) is 0 Å². The number of pyridine rings is 1. The quantitative estimate of drug-likeness (QED) is 0.213. The second-order valence-corrected chi connectivity index (χ2v) is 11.8. The summed E-state index contributed by atoms with van der Waals surface area (Å²) in [5.41, 5.74) is 10.1. The van der Waals surface area contributed by atoms with E-state index in [4.69, 9.17) is 9.97 Å². The molecular weight excluding hydrogens is 545 g/mol. The summed E-state index contributed by atoms with van der Waals surface area (Å²) in [6, 6.07) is 45.1. The lowest BCUT2D eigenvalue weighted by Gasteiger charge is -2.28. The Labute approximate surface area is 252 Å². The first-order chi connectivity index (χ1) is 21.3. The molecule has 0 atom stereocenters. The van der Waals surface area contributed by atoms with Crippen LogP contribution in [0.2, 0.25) is 0 Å². The molecule has 8 aromatic rings. The summed E-state index contributed by atoms with van der Waals surface area (Å²) in [7, 11) is 0. The molecule has 5 aromatic carbocycles. The van der Waals surface area contributed by atoms with Crippen LogP contribution in [-0.4, -0.2) is 14.5 Å². The third-order valence-electron chi connectivity index (χ3n) is 8.23. The van der Waals surface area contributed by atoms with Crippen LogP contribution in [0.1, 0.15) is 11.1 Å². The molecule has 3 aromatic heterocycles. The van der Waals surface area contributed by atoms with E-state index in [0.717, 1.165) is 55.6 Å². The number of aromatic nitrogens is 3. The van der Waals surface area contributed by atoms with E-state index in [1.165, 1.54) is 21.0 Å². The molecule has 0 aliphatic carbocycles. The molecular formula is C38H24N4S. The lowest BCUT2D eigenvalue weighted by molar-refractivity contribution is 1.08. The number of nitrogens with zero attached hydrogens (tertiary/aromatic N) is 4. The molecule has 0 bridgehead atoms. The number of hydrogen-bond donors (Lipinski definition) is 0. The van der Waals surface area contributed by atoms with Crippen LogP contribution in [0.5, 0.6) is 0 Å². The van der Waals surface area contributed by atoms with Crippen molar-refractivity contribution in [2.75, 3.05) is 4.90 Å². The molecule has 0 radical (unpaired) electrons. The molecule has 4 heterocycles. The van der Waals surface area contributed by atoms with E-state index < -0.39 is 0 Å². The summed E-state index contributed by atoms with van der Waals surface area (Å²) in [5, 5.41) is 3.44. The van der Waals surface area contributed by atoms with Crippen molar-refractivity contribution < 1.29 is 0 Å². The lowest BCUT2D eigenvalue weighted by Crippen LogP contribution is -2.12. The summed E-state index contributed by atoms with van der Waals surface area (Å²) < 4.78 is 3.47. The van der Waals surface area contributed by atoms with Gasteiger partial charge in [0.2, 0.25) is 0 Å². The summed E-state index contributed by atoms with van der Waals surface area (Å²) in [4.78, 5) is 12.1. The van der Waals surface area contributed by atoms with Gasteiger partial charge in [0.25, 0.3) is 0 Å². The monoisotopic (exact) mass is 568 g/mol. The van der Waals surface area contributed by atoms with Crippen LogP contribution in [0, 0.1) is 0 Å². The van der Waals surface area contributed by atoms with E-state index in [1.54, 1.807) is 11.3 Å². The first kappa shape index (κ1) is 24.1. The second-order valence-electron chi connectivity index (χ2n) is 10.7. The number of para-hydroxylation sites is 3. The van der Waals surface area contributed by atoms with Crippen LogP contribution in [0.3, 0.4) is 0 Å². The summed E-state index contributed by atoms with van der Waals surface area (Å²) in [6.45, 7) is 0. The topological polar surface area (TPSA) is 34.0 Å². The van der Waals surface area contributed by atoms with Crippen molar-refractivity contribution in [2.24, 2.45) is 0 Å². The van der Waals surface area contributed by atoms with Gasteiger partial charge in [-0.25, -0.2) is 9.97 Å². The summed E-state index contributed by atoms with van der Waals surface area (Å²) in [6.07, 6.45) is 6.30. The zero-order valence-electron chi connectivity index (χ0n) is 23.1. The van der Waals surface area contributed by atoms with Crippen LogP contribution < -0.4 is 4.90 Å². The number of thiazole rings is 1. The highest BCUT2D eigenvalue weighted by molar-refractivity contribution is 7.21. The van der Waals surface area contributed by atoms with Gasteiger partial charge < -0.3 is 4.90 Å². The smallest absolute Gasteiger partial charge is 0.137 e. The minimum Gasteiger partial charge on any atom is -0.309 e. The van der Waals surface area contributed by atoms with E-state index >= 15 is 0 Å². The maximum absolute atomic E-state index is 4.98. The van der Waals surface area contributed by atoms with Crippen molar-refractivity contribution in [3.05, 3.63) is 145 Å². The lowest BCUT2D eigenvalue weighted by atomic mass is 10.1. The standard InChI is InChI=1S/C38H24N4S/c1-4-12-32-25(9-1)16-17-26-18-19-27(38-40-31-11-3-6-14-36(31)43-38)23-34(26)41(32)28-20-21-30-29-10-2-5-13-33(29)42(35(30)24-28)37-15-7-8-22-39-37/h1-24H. The van der Waals surface area contributed by atoms with Gasteiger partial charge >= 0.3 is 0 Å². The Balaban J connectivity index is 1.30. The zero-order chi connectivity index (χ0) is 28.3. The first-order valence-corrected chi connectivity index (χ1v) is 15.2. The Morgan fingerprint density at radius 1 is 0.581 bits per heavy atom. The van der Waals surface area contributed by atoms with Crippen molar-refractivity contribution in [2.45, 2.75) is 0 Å². The Hall–Kier alpha value is -5.52. The highest BCUT2D eigenvalue weighted by atomic mass is 32.1. The summed E-state index contributed by atoms with van der Waals surface area (Å²) in [5.74, 6) is 0.905. The average molecular weight is 569 g/mol. The van der Waals surface area contributed by atoms with Crippen molar-refractivity contribution in [3.8, 4) is 16.4 Å². The zero-order valence-corrected chi connectivity index (χ0v) is 23.9. The van der Waals surface area contributed by atoms with E-state index in [9.17, 15) is 0 Å². The molecule has 0 fully saturated rings. The maximum Gasteiger partial charge on any atom is 0.137 e. The van der Waals surface area contributed by atoms with Crippen LogP contribution in [0.15, 0.2) is 134 Å². The van der Waals surface area contributed by atoms with E-state index in [2.05, 4.69) is 131 Å². The molecule has 0 N–H and O–H groups in total. The van der Waals surface area contributed by atoms with Crippen LogP contribution in [0.25, 0.3) is 60.6 Å². The maximum atomic E-state index is 4.98. The normalized spacial score (nSPS) is 12.5. The predicted molar refractivity (Wildman–Crippen MR) is 181 cm³/mol. The van der Waals surface area contributed by atoms with E-state index in [1.807, 2.05) is 24.4 Å². The van der Waals surface area contributed by atoms with Gasteiger partial charge in [0.1, 0.15) is 10.8 Å². The van der Waals surface area contributed by atoms with E-state index in [0.29, 0.717) is 0 Å². The third-order valence-corrected chi connectivity index (χ3v) is 9.31. The van der Waals surface area contributed by atoms with Crippen molar-refractivity contribution >= 4 is 72.6 Å². The van der Waals surface area contributed by atoms with E-state index in [-0.39, 0.29) is 0 Å². The van der Waals surface area contributed by atoms with Gasteiger partial charge in [-0.2, -0.15) is 0 Å². The Bertz CT molecular complexity index is 2330. The molecule has 202 valence electrons. The Kier molecular flexibility index (Phi) is 5.33. The van der Waals surface area contributed by atoms with Gasteiger partial charge in [-0.15, -0.1) is 11.3 Å². The second kappa shape index (κ2) is 9.51. The fourth-order valence-corrected chi connectivity index (χ4v) is 7.22. The molecule has 0 amide bonds. The third kappa shape index (κ3) is 3.83. The Morgan fingerprint density at radius 3 is 2.28 bits per heavy atom. The minimum absolute atomic E-state index is 0.905. The fraction of sp³-hybridized carbons (Fsp3) is 0. The van der Waals surface area contributed by atoms with Gasteiger partial charge in [0.05, 0.1) is 32.6 Å². The molecule has 4 nitrogen and oxygen atoms in total. The molecule has 5 heteroatoms. The fourth-order valence-electron chi connectivity index (χ4n) is 6.26. The molecule has 1 aliphatic rings. The molecule has 9 rings (SSSR count). The minimum atomic E-state index is 0.905. The van der Waals surface area contributed by atoms with Crippen LogP contribution in [-0.2, 0) is 0 Å². The number of rotatable bonds is 3. The molecule has 43 heavy (non-hydrogen) atoms. The highest BCUT2D eigenvalue weighted by Gasteiger charge is 2.23. The van der Waals surface area contributed by atoms with Gasteiger partial charge in [-0.05, 0) is 65.7 Å². The molecule has 0 saturated carbocycles. The van der Waals surface area contributed by atoms with Gasteiger partial charge in [0.15, 0.2) is 0 Å². The van der Waals surface area contributed by atoms with Crippen molar-refractivity contribution in [1.82, 2.24) is 14.5 Å². The van der Waals surface area contributed by atoms with Crippen LogP contribution in [0.4, 0.5) is 17.1 Å². The Morgan fingerprint density at radius 2 is 1.37 bits per heavy atom. The molecule has 0 saturated heterocycles. The number of fused-ring (bicyclic) bond motifs is 6. The summed E-state index contributed by atoms with van der Waals surface area (Å²) >= 11 is 1.73. The molecule has 1 aliphatic heterocycles. The highest BCUT2D eigenvalue weighted by Crippen LogP contribution is 2.45. The van der Waals surface area contributed by atoms with Gasteiger partial charge in [-0.3, -0.25) is 4.57 Å². The number of benzene rings is 5.